The van der Waals surface area contributed by atoms with Gasteiger partial charge in [0.1, 0.15) is 5.82 Å². The van der Waals surface area contributed by atoms with Crippen LogP contribution >= 0.6 is 0 Å². The Kier molecular flexibility index (Phi) is 5.54. The van der Waals surface area contributed by atoms with Crippen LogP contribution in [0.3, 0.4) is 0 Å². The van der Waals surface area contributed by atoms with E-state index in [1.54, 1.807) is 12.1 Å². The summed E-state index contributed by atoms with van der Waals surface area (Å²) in [4.78, 5) is 15.8. The molecule has 4 nitrogen and oxygen atoms in total. The number of aromatic nitrogens is 1. The van der Waals surface area contributed by atoms with Gasteiger partial charge in [-0.05, 0) is 25.5 Å². The number of carboxylic acids is 1. The standard InChI is InChI=1S/C16H26N2O2/c1-6-7-8-11(2)17-14-10-12(15(19)20)9-13(18-14)16(3,4)5/h9-11H,6-8H2,1-5H3,(H,17,18)(H,19,20). The van der Waals surface area contributed by atoms with Gasteiger partial charge in [0.15, 0.2) is 0 Å². The van der Waals surface area contributed by atoms with Gasteiger partial charge in [-0.3, -0.25) is 0 Å². The molecule has 1 heterocycles. The van der Waals surface area contributed by atoms with Crippen LogP contribution in [0.5, 0.6) is 0 Å². The third kappa shape index (κ3) is 4.83. The Morgan fingerprint density at radius 2 is 2.05 bits per heavy atom. The predicted octanol–water partition coefficient (Wildman–Crippen LogP) is 4.07. The lowest BCUT2D eigenvalue weighted by atomic mass is 9.90. The molecule has 4 heteroatoms. The van der Waals surface area contributed by atoms with Gasteiger partial charge in [-0.15, -0.1) is 0 Å². The highest BCUT2D eigenvalue weighted by atomic mass is 16.4. The third-order valence-electron chi connectivity index (χ3n) is 3.23. The number of unbranched alkanes of at least 4 members (excludes halogenated alkanes) is 1. The first-order chi connectivity index (χ1) is 9.24. The Hall–Kier alpha value is -1.58. The highest BCUT2D eigenvalue weighted by Crippen LogP contribution is 2.24. The zero-order valence-corrected chi connectivity index (χ0v) is 13.2. The molecule has 112 valence electrons. The second-order valence-corrected chi connectivity index (χ2v) is 6.37. The fourth-order valence-electron chi connectivity index (χ4n) is 1.95. The number of anilines is 1. The molecule has 1 unspecified atom stereocenters. The lowest BCUT2D eigenvalue weighted by Crippen LogP contribution is -2.20. The van der Waals surface area contributed by atoms with E-state index < -0.39 is 5.97 Å². The molecule has 0 fully saturated rings. The molecule has 0 aromatic carbocycles. The van der Waals surface area contributed by atoms with Crippen LogP contribution in [0.15, 0.2) is 12.1 Å². The minimum atomic E-state index is -0.915. The van der Waals surface area contributed by atoms with E-state index in [1.807, 2.05) is 20.8 Å². The third-order valence-corrected chi connectivity index (χ3v) is 3.23. The molecule has 0 spiro atoms. The van der Waals surface area contributed by atoms with Crippen LogP contribution in [0, 0.1) is 0 Å². The number of rotatable bonds is 6. The predicted molar refractivity (Wildman–Crippen MR) is 82.5 cm³/mol. The second-order valence-electron chi connectivity index (χ2n) is 6.37. The monoisotopic (exact) mass is 278 g/mol. The summed E-state index contributed by atoms with van der Waals surface area (Å²) in [7, 11) is 0. The van der Waals surface area contributed by atoms with Gasteiger partial charge in [-0.1, -0.05) is 40.5 Å². The van der Waals surface area contributed by atoms with Crippen molar-refractivity contribution in [2.45, 2.75) is 65.3 Å². The maximum absolute atomic E-state index is 11.2. The molecule has 0 aliphatic carbocycles. The molecule has 1 rings (SSSR count). The van der Waals surface area contributed by atoms with E-state index in [2.05, 4.69) is 24.1 Å². The van der Waals surface area contributed by atoms with Crippen molar-refractivity contribution >= 4 is 11.8 Å². The molecule has 1 aromatic heterocycles. The van der Waals surface area contributed by atoms with Gasteiger partial charge in [-0.25, -0.2) is 9.78 Å². The number of hydrogen-bond donors (Lipinski definition) is 2. The zero-order valence-electron chi connectivity index (χ0n) is 13.2. The van der Waals surface area contributed by atoms with Crippen LogP contribution in [0.1, 0.15) is 69.9 Å². The van der Waals surface area contributed by atoms with E-state index in [1.165, 1.54) is 0 Å². The van der Waals surface area contributed by atoms with Gasteiger partial charge in [0.2, 0.25) is 0 Å². The van der Waals surface area contributed by atoms with Crippen molar-refractivity contribution in [1.82, 2.24) is 4.98 Å². The summed E-state index contributed by atoms with van der Waals surface area (Å²) < 4.78 is 0. The quantitative estimate of drug-likeness (QED) is 0.823. The average molecular weight is 278 g/mol. The minimum absolute atomic E-state index is 0.172. The highest BCUT2D eigenvalue weighted by molar-refractivity contribution is 5.88. The van der Waals surface area contributed by atoms with E-state index in [4.69, 9.17) is 0 Å². The smallest absolute Gasteiger partial charge is 0.335 e. The molecule has 0 saturated carbocycles. The Balaban J connectivity index is 3.00. The topological polar surface area (TPSA) is 62.2 Å². The van der Waals surface area contributed by atoms with Crippen molar-refractivity contribution in [3.8, 4) is 0 Å². The van der Waals surface area contributed by atoms with E-state index in [0.717, 1.165) is 25.0 Å². The maximum atomic E-state index is 11.2. The van der Waals surface area contributed by atoms with Crippen LogP contribution in [0.25, 0.3) is 0 Å². The van der Waals surface area contributed by atoms with Crippen molar-refractivity contribution < 1.29 is 9.90 Å². The zero-order chi connectivity index (χ0) is 15.3. The largest absolute Gasteiger partial charge is 0.478 e. The van der Waals surface area contributed by atoms with Gasteiger partial charge in [0.05, 0.1) is 5.56 Å². The molecule has 1 atom stereocenters. The number of aromatic carboxylic acids is 1. The summed E-state index contributed by atoms with van der Waals surface area (Å²) in [5, 5.41) is 12.5. The van der Waals surface area contributed by atoms with Crippen LogP contribution in [0.4, 0.5) is 5.82 Å². The summed E-state index contributed by atoms with van der Waals surface area (Å²) in [5.41, 5.74) is 0.909. The first-order valence-electron chi connectivity index (χ1n) is 7.26. The molecule has 1 aromatic rings. The van der Waals surface area contributed by atoms with Crippen LogP contribution in [0.2, 0.25) is 0 Å². The van der Waals surface area contributed by atoms with Crippen molar-refractivity contribution in [2.75, 3.05) is 5.32 Å². The Morgan fingerprint density at radius 1 is 1.40 bits per heavy atom. The Morgan fingerprint density at radius 3 is 2.55 bits per heavy atom. The number of carbonyl (C=O) groups is 1. The van der Waals surface area contributed by atoms with Crippen LogP contribution < -0.4 is 5.32 Å². The normalized spacial score (nSPS) is 13.1. The first kappa shape index (κ1) is 16.5. The van der Waals surface area contributed by atoms with Crippen molar-refractivity contribution in [2.24, 2.45) is 0 Å². The Bertz CT molecular complexity index is 464. The lowest BCUT2D eigenvalue weighted by Gasteiger charge is -2.21. The first-order valence-corrected chi connectivity index (χ1v) is 7.26. The lowest BCUT2D eigenvalue weighted by molar-refractivity contribution is 0.0696. The van der Waals surface area contributed by atoms with Gasteiger partial charge >= 0.3 is 5.97 Å². The van der Waals surface area contributed by atoms with E-state index in [9.17, 15) is 9.90 Å². The van der Waals surface area contributed by atoms with Crippen molar-refractivity contribution in [3.05, 3.63) is 23.4 Å². The SMILES string of the molecule is CCCCC(C)Nc1cc(C(=O)O)cc(C(C)(C)C)n1. The minimum Gasteiger partial charge on any atom is -0.478 e. The number of nitrogens with one attached hydrogen (secondary N) is 1. The molecular weight excluding hydrogens is 252 g/mol. The molecular formula is C16H26N2O2. The fraction of sp³-hybridized carbons (Fsp3) is 0.625. The summed E-state index contributed by atoms with van der Waals surface area (Å²) >= 11 is 0. The number of pyridine rings is 1. The summed E-state index contributed by atoms with van der Waals surface area (Å²) in [5.74, 6) is -0.263. The fourth-order valence-corrected chi connectivity index (χ4v) is 1.95. The van der Waals surface area contributed by atoms with E-state index in [0.29, 0.717) is 11.9 Å². The van der Waals surface area contributed by atoms with Crippen LogP contribution in [-0.2, 0) is 5.41 Å². The molecule has 20 heavy (non-hydrogen) atoms. The summed E-state index contributed by atoms with van der Waals surface area (Å²) in [6.45, 7) is 10.4. The van der Waals surface area contributed by atoms with Crippen LogP contribution in [-0.4, -0.2) is 22.1 Å². The maximum Gasteiger partial charge on any atom is 0.335 e. The number of carboxylic acid groups (broad SMARTS) is 1. The van der Waals surface area contributed by atoms with Crippen molar-refractivity contribution in [1.29, 1.82) is 0 Å². The average Bonchev–Trinajstić information content (AvgIpc) is 2.34. The highest BCUT2D eigenvalue weighted by Gasteiger charge is 2.19. The molecule has 0 amide bonds. The molecule has 0 aliphatic rings. The molecule has 0 saturated heterocycles. The van der Waals surface area contributed by atoms with E-state index >= 15 is 0 Å². The number of hydrogen-bond acceptors (Lipinski definition) is 3. The van der Waals surface area contributed by atoms with Gasteiger partial charge < -0.3 is 10.4 Å². The summed E-state index contributed by atoms with van der Waals surface area (Å²) in [6.07, 6.45) is 3.36. The van der Waals surface area contributed by atoms with Gasteiger partial charge in [-0.2, -0.15) is 0 Å². The Labute approximate surface area is 121 Å². The number of nitrogens with zero attached hydrogens (tertiary/aromatic N) is 1. The summed E-state index contributed by atoms with van der Waals surface area (Å²) in [6, 6.07) is 3.56. The second kappa shape index (κ2) is 6.73. The molecule has 0 bridgehead atoms. The van der Waals surface area contributed by atoms with Crippen molar-refractivity contribution in [3.63, 3.8) is 0 Å². The molecule has 0 radical (unpaired) electrons. The molecule has 2 N–H and O–H groups in total. The van der Waals surface area contributed by atoms with E-state index in [-0.39, 0.29) is 11.0 Å². The van der Waals surface area contributed by atoms with Gasteiger partial charge in [0.25, 0.3) is 0 Å². The van der Waals surface area contributed by atoms with Gasteiger partial charge in [0, 0.05) is 17.2 Å². The molecule has 0 aliphatic heterocycles.